The first-order chi connectivity index (χ1) is 11.6. The third-order valence-electron chi connectivity index (χ3n) is 3.49. The second-order valence-corrected chi connectivity index (χ2v) is 6.30. The zero-order valence-electron chi connectivity index (χ0n) is 13.1. The van der Waals surface area contributed by atoms with Gasteiger partial charge in [-0.1, -0.05) is 59.9 Å². The Hall–Kier alpha value is -2.73. The molecule has 0 unspecified atom stereocenters. The minimum absolute atomic E-state index is 0.190. The highest BCUT2D eigenvalue weighted by molar-refractivity contribution is 7.19. The van der Waals surface area contributed by atoms with Crippen LogP contribution in [0.15, 0.2) is 60.8 Å². The van der Waals surface area contributed by atoms with E-state index in [1.54, 1.807) is 31.4 Å². The molecule has 0 aliphatic rings. The quantitative estimate of drug-likeness (QED) is 0.753. The van der Waals surface area contributed by atoms with Gasteiger partial charge in [0, 0.05) is 25.4 Å². The van der Waals surface area contributed by atoms with Gasteiger partial charge in [-0.2, -0.15) is 0 Å². The Balaban J connectivity index is 1.65. The van der Waals surface area contributed by atoms with Crippen molar-refractivity contribution in [2.24, 2.45) is 0 Å². The van der Waals surface area contributed by atoms with Crippen molar-refractivity contribution in [1.82, 2.24) is 9.88 Å². The molecular formula is C18H16FN3OS. The lowest BCUT2D eigenvalue weighted by atomic mass is 10.2. The lowest BCUT2D eigenvalue weighted by Crippen LogP contribution is -2.31. The normalized spacial score (nSPS) is 10.4. The van der Waals surface area contributed by atoms with E-state index in [-0.39, 0.29) is 18.4 Å². The number of nitrogens with zero attached hydrogens (tertiary/aromatic N) is 2. The van der Waals surface area contributed by atoms with E-state index >= 15 is 0 Å². The van der Waals surface area contributed by atoms with Crippen LogP contribution in [0, 0.1) is 5.82 Å². The van der Waals surface area contributed by atoms with Crippen molar-refractivity contribution in [2.45, 2.75) is 6.54 Å². The summed E-state index contributed by atoms with van der Waals surface area (Å²) in [7, 11) is 1.62. The van der Waals surface area contributed by atoms with E-state index in [4.69, 9.17) is 0 Å². The van der Waals surface area contributed by atoms with E-state index in [2.05, 4.69) is 10.3 Å². The lowest BCUT2D eigenvalue weighted by Gasteiger charge is -2.17. The Labute approximate surface area is 143 Å². The summed E-state index contributed by atoms with van der Waals surface area (Å²) < 4.78 is 13.7. The molecule has 2 amide bonds. The van der Waals surface area contributed by atoms with Gasteiger partial charge in [-0.3, -0.25) is 5.32 Å². The van der Waals surface area contributed by atoms with Gasteiger partial charge in [0.2, 0.25) is 0 Å². The summed E-state index contributed by atoms with van der Waals surface area (Å²) in [6, 6.07) is 15.9. The number of carbonyl (C=O) groups excluding carboxylic acids is 1. The largest absolute Gasteiger partial charge is 0.323 e. The third-order valence-corrected chi connectivity index (χ3v) is 4.45. The first-order valence-electron chi connectivity index (χ1n) is 7.40. The van der Waals surface area contributed by atoms with Crippen molar-refractivity contribution in [1.29, 1.82) is 0 Å². The summed E-state index contributed by atoms with van der Waals surface area (Å²) in [5, 5.41) is 3.26. The van der Waals surface area contributed by atoms with E-state index in [1.807, 2.05) is 30.3 Å². The number of nitrogens with one attached hydrogen (secondary N) is 1. The molecule has 24 heavy (non-hydrogen) atoms. The topological polar surface area (TPSA) is 45.2 Å². The van der Waals surface area contributed by atoms with E-state index < -0.39 is 0 Å². The Morgan fingerprint density at radius 2 is 1.88 bits per heavy atom. The molecule has 2 aromatic carbocycles. The van der Waals surface area contributed by atoms with Crippen LogP contribution in [0.1, 0.15) is 5.56 Å². The highest BCUT2D eigenvalue weighted by Crippen LogP contribution is 2.28. The van der Waals surface area contributed by atoms with Gasteiger partial charge in [0.05, 0.1) is 4.88 Å². The molecule has 4 nitrogen and oxygen atoms in total. The Bertz CT molecular complexity index is 835. The molecule has 0 radical (unpaired) electrons. The summed E-state index contributed by atoms with van der Waals surface area (Å²) in [4.78, 5) is 18.9. The fourth-order valence-corrected chi connectivity index (χ4v) is 3.02. The molecule has 6 heteroatoms. The van der Waals surface area contributed by atoms with Crippen molar-refractivity contribution in [3.8, 4) is 10.4 Å². The van der Waals surface area contributed by atoms with Gasteiger partial charge in [-0.15, -0.1) is 0 Å². The van der Waals surface area contributed by atoms with Crippen LogP contribution in [0.5, 0.6) is 0 Å². The summed E-state index contributed by atoms with van der Waals surface area (Å²) >= 11 is 1.40. The molecule has 3 aromatic rings. The number of halogens is 1. The summed E-state index contributed by atoms with van der Waals surface area (Å²) in [5.41, 5.74) is 1.52. The van der Waals surface area contributed by atoms with Crippen LogP contribution in [-0.2, 0) is 6.54 Å². The minimum Gasteiger partial charge on any atom is -0.323 e. The van der Waals surface area contributed by atoms with Crippen LogP contribution >= 0.6 is 11.3 Å². The molecule has 0 aliphatic carbocycles. The number of benzene rings is 2. The molecule has 0 saturated heterocycles. The average Bonchev–Trinajstić information content (AvgIpc) is 3.06. The van der Waals surface area contributed by atoms with Gasteiger partial charge in [-0.25, -0.2) is 14.2 Å². The smallest absolute Gasteiger partial charge is 0.323 e. The van der Waals surface area contributed by atoms with E-state index in [9.17, 15) is 9.18 Å². The fraction of sp³-hybridized carbons (Fsp3) is 0.111. The second kappa shape index (κ2) is 7.23. The number of urea groups is 1. The molecule has 0 fully saturated rings. The number of carbonyl (C=O) groups is 1. The number of anilines is 1. The van der Waals surface area contributed by atoms with Crippen molar-refractivity contribution >= 4 is 22.5 Å². The van der Waals surface area contributed by atoms with Gasteiger partial charge >= 0.3 is 6.03 Å². The second-order valence-electron chi connectivity index (χ2n) is 5.27. The van der Waals surface area contributed by atoms with Crippen molar-refractivity contribution in [3.05, 3.63) is 72.2 Å². The molecule has 3 rings (SSSR count). The zero-order chi connectivity index (χ0) is 16.9. The molecule has 0 atom stereocenters. The molecule has 1 aromatic heterocycles. The van der Waals surface area contributed by atoms with Crippen LogP contribution < -0.4 is 5.32 Å². The number of hydrogen-bond acceptors (Lipinski definition) is 3. The molecule has 1 heterocycles. The number of thiazole rings is 1. The van der Waals surface area contributed by atoms with Gasteiger partial charge in [0.15, 0.2) is 5.13 Å². The molecule has 0 bridgehead atoms. The average molecular weight is 341 g/mol. The molecule has 0 spiro atoms. The Morgan fingerprint density at radius 1 is 1.17 bits per heavy atom. The first-order valence-corrected chi connectivity index (χ1v) is 8.22. The maximum atomic E-state index is 13.7. The van der Waals surface area contributed by atoms with Crippen LogP contribution in [0.4, 0.5) is 14.3 Å². The molecule has 122 valence electrons. The SMILES string of the molecule is CN(Cc1ccccc1F)C(=O)Nc1ncc(-c2ccccc2)s1. The fourth-order valence-electron chi connectivity index (χ4n) is 2.21. The van der Waals surface area contributed by atoms with Crippen molar-refractivity contribution in [2.75, 3.05) is 12.4 Å². The highest BCUT2D eigenvalue weighted by atomic mass is 32.1. The van der Waals surface area contributed by atoms with Crippen molar-refractivity contribution < 1.29 is 9.18 Å². The third kappa shape index (κ3) is 3.78. The number of aromatic nitrogens is 1. The maximum Gasteiger partial charge on any atom is 0.323 e. The van der Waals surface area contributed by atoms with Gasteiger partial charge in [0.25, 0.3) is 0 Å². The predicted molar refractivity (Wildman–Crippen MR) is 94.4 cm³/mol. The molecular weight excluding hydrogens is 325 g/mol. The Kier molecular flexibility index (Phi) is 4.86. The van der Waals surface area contributed by atoms with Crippen molar-refractivity contribution in [3.63, 3.8) is 0 Å². The van der Waals surface area contributed by atoms with Crippen LogP contribution in [0.3, 0.4) is 0 Å². The summed E-state index contributed by atoms with van der Waals surface area (Å²) in [6.45, 7) is 0.190. The first kappa shape index (κ1) is 16.1. The van der Waals surface area contributed by atoms with Gasteiger partial charge < -0.3 is 4.90 Å². The summed E-state index contributed by atoms with van der Waals surface area (Å²) in [6.07, 6.45) is 1.73. The maximum absolute atomic E-state index is 13.7. The molecule has 0 saturated carbocycles. The molecule has 0 aliphatic heterocycles. The Morgan fingerprint density at radius 3 is 2.62 bits per heavy atom. The number of rotatable bonds is 4. The van der Waals surface area contributed by atoms with E-state index in [1.165, 1.54) is 22.3 Å². The summed E-state index contributed by atoms with van der Waals surface area (Å²) in [5.74, 6) is -0.322. The standard InChI is InChI=1S/C18H16FN3OS/c1-22(12-14-9-5-6-10-15(14)19)18(23)21-17-20-11-16(24-17)13-7-3-2-4-8-13/h2-11H,12H2,1H3,(H,20,21,23). The van der Waals surface area contributed by atoms with Crippen LogP contribution in [0.2, 0.25) is 0 Å². The number of hydrogen-bond donors (Lipinski definition) is 1. The predicted octanol–water partition coefficient (Wildman–Crippen LogP) is 4.61. The molecule has 1 N–H and O–H groups in total. The number of amides is 2. The van der Waals surface area contributed by atoms with E-state index in [0.717, 1.165) is 10.4 Å². The monoisotopic (exact) mass is 341 g/mol. The lowest BCUT2D eigenvalue weighted by molar-refractivity contribution is 0.220. The van der Waals surface area contributed by atoms with Gasteiger partial charge in [-0.05, 0) is 11.6 Å². The zero-order valence-corrected chi connectivity index (χ0v) is 13.9. The van der Waals surface area contributed by atoms with Gasteiger partial charge in [0.1, 0.15) is 5.82 Å². The van der Waals surface area contributed by atoms with Crippen LogP contribution in [0.25, 0.3) is 10.4 Å². The highest BCUT2D eigenvalue weighted by Gasteiger charge is 2.13. The van der Waals surface area contributed by atoms with E-state index in [0.29, 0.717) is 10.7 Å². The van der Waals surface area contributed by atoms with Crippen LogP contribution in [-0.4, -0.2) is 23.0 Å². The minimum atomic E-state index is -0.327.